The van der Waals surface area contributed by atoms with Gasteiger partial charge in [-0.2, -0.15) is 0 Å². The predicted molar refractivity (Wildman–Crippen MR) is 116 cm³/mol. The van der Waals surface area contributed by atoms with E-state index in [1.807, 2.05) is 12.1 Å². The minimum Gasteiger partial charge on any atom is -0.449 e. The van der Waals surface area contributed by atoms with Crippen LogP contribution in [0.15, 0.2) is 53.4 Å². The van der Waals surface area contributed by atoms with Gasteiger partial charge in [0, 0.05) is 12.6 Å². The van der Waals surface area contributed by atoms with Gasteiger partial charge in [-0.1, -0.05) is 37.1 Å². The Balaban J connectivity index is 1.47. The summed E-state index contributed by atoms with van der Waals surface area (Å²) in [5, 5.41) is 2.90. The van der Waals surface area contributed by atoms with E-state index in [9.17, 15) is 18.0 Å². The monoisotopic (exact) mass is 442 g/mol. The lowest BCUT2D eigenvalue weighted by Crippen LogP contribution is -2.40. The van der Waals surface area contributed by atoms with Crippen molar-refractivity contribution in [3.63, 3.8) is 0 Å². The molecule has 0 aromatic heterocycles. The van der Waals surface area contributed by atoms with Crippen LogP contribution in [0, 0.1) is 0 Å². The smallest absolute Gasteiger partial charge is 0.338 e. The molecule has 4 rings (SSSR count). The molecule has 1 saturated carbocycles. The molecule has 0 saturated heterocycles. The normalized spacial score (nSPS) is 17.3. The van der Waals surface area contributed by atoms with Crippen LogP contribution in [0.3, 0.4) is 0 Å². The Morgan fingerprint density at radius 3 is 2.61 bits per heavy atom. The molecule has 8 heteroatoms. The van der Waals surface area contributed by atoms with E-state index in [1.54, 1.807) is 12.1 Å². The highest BCUT2D eigenvalue weighted by molar-refractivity contribution is 7.92. The Morgan fingerprint density at radius 1 is 1.10 bits per heavy atom. The Bertz CT molecular complexity index is 1090. The van der Waals surface area contributed by atoms with E-state index >= 15 is 0 Å². The van der Waals surface area contributed by atoms with Gasteiger partial charge in [-0.15, -0.1) is 0 Å². The van der Waals surface area contributed by atoms with Crippen LogP contribution in [0.1, 0.15) is 48.5 Å². The summed E-state index contributed by atoms with van der Waals surface area (Å²) in [4.78, 5) is 24.9. The lowest BCUT2D eigenvalue weighted by atomic mass is 10.2. The van der Waals surface area contributed by atoms with E-state index in [0.717, 1.165) is 31.2 Å². The third-order valence-electron chi connectivity index (χ3n) is 5.86. The number of rotatable bonds is 6. The number of para-hydroxylation sites is 1. The van der Waals surface area contributed by atoms with Gasteiger partial charge in [0.2, 0.25) is 0 Å². The average molecular weight is 443 g/mol. The summed E-state index contributed by atoms with van der Waals surface area (Å²) in [6, 6.07) is 13.3. The zero-order valence-electron chi connectivity index (χ0n) is 17.4. The standard InChI is InChI=1S/C23H26N2O5S/c1-16(22(26)24-19-9-3-4-10-19)30-23(27)18-8-6-11-20(15-18)31(28,29)25-14-13-17-7-2-5-12-21(17)25/h2,5-8,11-12,15-16,19H,3-4,9-10,13-14H2,1H3,(H,24,26)/t16-/m1/s1. The quantitative estimate of drug-likeness (QED) is 0.694. The van der Waals surface area contributed by atoms with Gasteiger partial charge in [0.25, 0.3) is 15.9 Å². The SMILES string of the molecule is C[C@@H](OC(=O)c1cccc(S(=O)(=O)N2CCc3ccccc32)c1)C(=O)NC1CCCC1. The third kappa shape index (κ3) is 4.44. The number of nitrogens with zero attached hydrogens (tertiary/aromatic N) is 1. The van der Waals surface area contributed by atoms with E-state index in [2.05, 4.69) is 5.32 Å². The number of ether oxygens (including phenoxy) is 1. The van der Waals surface area contributed by atoms with Gasteiger partial charge < -0.3 is 10.1 Å². The lowest BCUT2D eigenvalue weighted by Gasteiger charge is -2.20. The highest BCUT2D eigenvalue weighted by atomic mass is 32.2. The number of carbonyl (C=O) groups excluding carboxylic acids is 2. The first kappa shape index (κ1) is 21.4. The molecule has 2 aliphatic rings. The first-order chi connectivity index (χ1) is 14.9. The highest BCUT2D eigenvalue weighted by Crippen LogP contribution is 2.32. The van der Waals surface area contributed by atoms with Crippen molar-refractivity contribution in [1.82, 2.24) is 5.32 Å². The molecule has 7 nitrogen and oxygen atoms in total. The van der Waals surface area contributed by atoms with E-state index in [1.165, 1.54) is 35.5 Å². The fourth-order valence-corrected chi connectivity index (χ4v) is 5.69. The second-order valence-corrected chi connectivity index (χ2v) is 9.88. The lowest BCUT2D eigenvalue weighted by molar-refractivity contribution is -0.129. The van der Waals surface area contributed by atoms with Crippen LogP contribution in [-0.2, 0) is 26.0 Å². The van der Waals surface area contributed by atoms with Crippen molar-refractivity contribution < 1.29 is 22.7 Å². The number of esters is 1. The molecular weight excluding hydrogens is 416 g/mol. The number of sulfonamides is 1. The Kier molecular flexibility index (Phi) is 6.00. The number of benzene rings is 2. The van der Waals surface area contributed by atoms with Crippen molar-refractivity contribution in [2.24, 2.45) is 0 Å². The molecule has 0 spiro atoms. The molecular formula is C23H26N2O5S. The van der Waals surface area contributed by atoms with Crippen LogP contribution in [-0.4, -0.2) is 39.0 Å². The minimum absolute atomic E-state index is 0.0155. The second-order valence-electron chi connectivity index (χ2n) is 8.02. The second kappa shape index (κ2) is 8.70. The van der Waals surface area contributed by atoms with Gasteiger partial charge in [-0.3, -0.25) is 9.10 Å². The minimum atomic E-state index is -3.82. The van der Waals surface area contributed by atoms with Crippen LogP contribution in [0.5, 0.6) is 0 Å². The molecule has 1 aliphatic carbocycles. The summed E-state index contributed by atoms with van der Waals surface area (Å²) in [7, 11) is -3.82. The van der Waals surface area contributed by atoms with E-state index in [0.29, 0.717) is 18.7 Å². The maximum absolute atomic E-state index is 13.2. The fraction of sp³-hybridized carbons (Fsp3) is 0.391. The number of amides is 1. The summed E-state index contributed by atoms with van der Waals surface area (Å²) >= 11 is 0. The van der Waals surface area contributed by atoms with E-state index < -0.39 is 22.1 Å². The zero-order valence-corrected chi connectivity index (χ0v) is 18.2. The summed E-state index contributed by atoms with van der Waals surface area (Å²) in [5.74, 6) is -1.06. The molecule has 164 valence electrons. The molecule has 0 unspecified atom stereocenters. The molecule has 1 heterocycles. The van der Waals surface area contributed by atoms with Crippen LogP contribution in [0.2, 0.25) is 0 Å². The van der Waals surface area contributed by atoms with Gasteiger partial charge in [-0.05, 0) is 56.0 Å². The summed E-state index contributed by atoms with van der Waals surface area (Å²) in [6.07, 6.45) is 3.73. The summed E-state index contributed by atoms with van der Waals surface area (Å²) < 4.78 is 33.1. The summed E-state index contributed by atoms with van der Waals surface area (Å²) in [5.41, 5.74) is 1.73. The van der Waals surface area contributed by atoms with Crippen LogP contribution >= 0.6 is 0 Å². The predicted octanol–water partition coefficient (Wildman–Crippen LogP) is 3.04. The number of hydrogen-bond acceptors (Lipinski definition) is 5. The van der Waals surface area contributed by atoms with Gasteiger partial charge in [0.05, 0.1) is 16.1 Å². The molecule has 1 fully saturated rings. The molecule has 0 bridgehead atoms. The Hall–Kier alpha value is -2.87. The topological polar surface area (TPSA) is 92.8 Å². The average Bonchev–Trinajstić information content (AvgIpc) is 3.43. The molecule has 1 N–H and O–H groups in total. The Labute approximate surface area is 182 Å². The van der Waals surface area contributed by atoms with Gasteiger partial charge in [0.1, 0.15) is 0 Å². The van der Waals surface area contributed by atoms with Gasteiger partial charge in [0.15, 0.2) is 6.10 Å². The molecule has 1 atom stereocenters. The van der Waals surface area contributed by atoms with Crippen LogP contribution in [0.4, 0.5) is 5.69 Å². The van der Waals surface area contributed by atoms with Crippen molar-refractivity contribution >= 4 is 27.6 Å². The maximum Gasteiger partial charge on any atom is 0.338 e. The van der Waals surface area contributed by atoms with E-state index in [4.69, 9.17) is 4.74 Å². The number of carbonyl (C=O) groups is 2. The molecule has 31 heavy (non-hydrogen) atoms. The first-order valence-electron chi connectivity index (χ1n) is 10.6. The van der Waals surface area contributed by atoms with E-state index in [-0.39, 0.29) is 22.4 Å². The number of fused-ring (bicyclic) bond motifs is 1. The molecule has 0 radical (unpaired) electrons. The Morgan fingerprint density at radius 2 is 1.84 bits per heavy atom. The fourth-order valence-electron chi connectivity index (χ4n) is 4.14. The number of hydrogen-bond donors (Lipinski definition) is 1. The van der Waals surface area contributed by atoms with Gasteiger partial charge >= 0.3 is 5.97 Å². The number of anilines is 1. The molecule has 2 aromatic carbocycles. The highest BCUT2D eigenvalue weighted by Gasteiger charge is 2.31. The molecule has 2 aromatic rings. The van der Waals surface area contributed by atoms with Crippen molar-refractivity contribution in [2.75, 3.05) is 10.8 Å². The number of nitrogens with one attached hydrogen (secondary N) is 1. The maximum atomic E-state index is 13.2. The zero-order chi connectivity index (χ0) is 22.0. The van der Waals surface area contributed by atoms with Crippen molar-refractivity contribution in [3.05, 3.63) is 59.7 Å². The van der Waals surface area contributed by atoms with Crippen molar-refractivity contribution in [3.8, 4) is 0 Å². The van der Waals surface area contributed by atoms with Crippen molar-refractivity contribution in [1.29, 1.82) is 0 Å². The van der Waals surface area contributed by atoms with Gasteiger partial charge in [-0.25, -0.2) is 13.2 Å². The molecule has 1 aliphatic heterocycles. The third-order valence-corrected chi connectivity index (χ3v) is 7.67. The first-order valence-corrected chi connectivity index (χ1v) is 12.0. The van der Waals surface area contributed by atoms with Crippen LogP contribution in [0.25, 0.3) is 0 Å². The molecule has 1 amide bonds. The largest absolute Gasteiger partial charge is 0.449 e. The van der Waals surface area contributed by atoms with Crippen molar-refractivity contribution in [2.45, 2.75) is 56.1 Å². The summed E-state index contributed by atoms with van der Waals surface area (Å²) in [6.45, 7) is 1.87. The van der Waals surface area contributed by atoms with Crippen LogP contribution < -0.4 is 9.62 Å².